The van der Waals surface area contributed by atoms with E-state index in [1.165, 1.54) is 24.4 Å². The molecule has 1 heterocycles. The van der Waals surface area contributed by atoms with Gasteiger partial charge in [0.05, 0.1) is 0 Å². The van der Waals surface area contributed by atoms with E-state index in [1.807, 2.05) is 0 Å². The number of hydrogen-bond acceptors (Lipinski definition) is 3. The third-order valence-electron chi connectivity index (χ3n) is 4.59. The highest BCUT2D eigenvalue weighted by atomic mass is 19.1. The fraction of sp³-hybridized carbons (Fsp3) is 0.353. The van der Waals surface area contributed by atoms with Crippen LogP contribution in [0.2, 0.25) is 0 Å². The summed E-state index contributed by atoms with van der Waals surface area (Å²) in [5.74, 6) is -1.66. The molecule has 1 aliphatic carbocycles. The minimum atomic E-state index is -0.607. The molecule has 2 N–H and O–H groups in total. The summed E-state index contributed by atoms with van der Waals surface area (Å²) in [6, 6.07) is 4.90. The molecule has 0 saturated heterocycles. The molecule has 1 aliphatic rings. The minimum Gasteiger partial charge on any atom is -0.351 e. The lowest BCUT2D eigenvalue weighted by atomic mass is 9.65. The van der Waals surface area contributed by atoms with Gasteiger partial charge in [-0.2, -0.15) is 5.10 Å². The van der Waals surface area contributed by atoms with Crippen LogP contribution in [-0.4, -0.2) is 22.6 Å². The van der Waals surface area contributed by atoms with Gasteiger partial charge < -0.3 is 5.32 Å². The highest BCUT2D eigenvalue weighted by Crippen LogP contribution is 2.43. The normalized spacial score (nSPS) is 15.6. The number of benzene rings is 1. The first-order valence-electron chi connectivity index (χ1n) is 7.75. The summed E-state index contributed by atoms with van der Waals surface area (Å²) in [6.07, 6.45) is 4.44. The first-order valence-corrected chi connectivity index (χ1v) is 7.75. The van der Waals surface area contributed by atoms with Crippen molar-refractivity contribution in [2.45, 2.75) is 25.7 Å². The van der Waals surface area contributed by atoms with E-state index in [1.54, 1.807) is 0 Å². The van der Waals surface area contributed by atoms with Crippen molar-refractivity contribution in [1.82, 2.24) is 15.5 Å². The molecule has 24 heavy (non-hydrogen) atoms. The summed E-state index contributed by atoms with van der Waals surface area (Å²) in [6.45, 7) is 0.338. The number of rotatable bonds is 5. The Balaban J connectivity index is 1.69. The van der Waals surface area contributed by atoms with Crippen LogP contribution in [0.5, 0.6) is 0 Å². The minimum absolute atomic E-state index is 0.00700. The Morgan fingerprint density at radius 3 is 2.71 bits per heavy atom. The zero-order valence-electron chi connectivity index (χ0n) is 12.9. The third-order valence-corrected chi connectivity index (χ3v) is 4.59. The number of halogens is 2. The van der Waals surface area contributed by atoms with E-state index in [4.69, 9.17) is 0 Å². The zero-order chi connectivity index (χ0) is 17.2. The second-order valence-electron chi connectivity index (χ2n) is 6.25. The first-order chi connectivity index (χ1) is 11.5. The van der Waals surface area contributed by atoms with Crippen LogP contribution in [0.15, 0.2) is 35.3 Å². The lowest BCUT2D eigenvalue weighted by molar-refractivity contribution is 0.0856. The average Bonchev–Trinajstić information content (AvgIpc) is 2.52. The van der Waals surface area contributed by atoms with E-state index in [0.29, 0.717) is 18.5 Å². The van der Waals surface area contributed by atoms with Crippen molar-refractivity contribution < 1.29 is 13.6 Å². The standard InChI is InChI=1S/C17H17F2N3O2/c18-12-3-2-11(14(19)8-12)9-17(5-1-6-17)10-20-15(23)13-4-7-21-22-16(13)24/h2-4,7-8H,1,5-6,9-10H2,(H,20,23)(H,22,24). The molecule has 1 aromatic carbocycles. The molecule has 0 atom stereocenters. The van der Waals surface area contributed by atoms with Gasteiger partial charge in [-0.1, -0.05) is 12.5 Å². The predicted molar refractivity (Wildman–Crippen MR) is 83.5 cm³/mol. The molecule has 0 aliphatic heterocycles. The molecule has 7 heteroatoms. The van der Waals surface area contributed by atoms with Crippen LogP contribution in [-0.2, 0) is 6.42 Å². The Bertz CT molecular complexity index is 815. The molecule has 1 fully saturated rings. The van der Waals surface area contributed by atoms with Crippen molar-refractivity contribution >= 4 is 5.91 Å². The number of carbonyl (C=O) groups excluding carboxylic acids is 1. The molecular formula is C17H17F2N3O2. The van der Waals surface area contributed by atoms with E-state index in [0.717, 1.165) is 25.3 Å². The maximum atomic E-state index is 13.9. The fourth-order valence-corrected chi connectivity index (χ4v) is 3.05. The van der Waals surface area contributed by atoms with Crippen LogP contribution in [0, 0.1) is 17.0 Å². The number of nitrogens with zero attached hydrogens (tertiary/aromatic N) is 1. The third kappa shape index (κ3) is 3.34. The topological polar surface area (TPSA) is 74.8 Å². The van der Waals surface area contributed by atoms with Crippen molar-refractivity contribution in [2.75, 3.05) is 6.54 Å². The molecule has 126 valence electrons. The molecular weight excluding hydrogens is 316 g/mol. The second kappa shape index (κ2) is 6.51. The average molecular weight is 333 g/mol. The van der Waals surface area contributed by atoms with Crippen LogP contribution in [0.3, 0.4) is 0 Å². The van der Waals surface area contributed by atoms with Crippen molar-refractivity contribution in [1.29, 1.82) is 0 Å². The van der Waals surface area contributed by atoms with Crippen LogP contribution >= 0.6 is 0 Å². The van der Waals surface area contributed by atoms with Crippen LogP contribution in [0.1, 0.15) is 35.2 Å². The summed E-state index contributed by atoms with van der Waals surface area (Å²) in [4.78, 5) is 23.7. The van der Waals surface area contributed by atoms with Gasteiger partial charge in [-0.3, -0.25) is 9.59 Å². The number of aromatic nitrogens is 2. The lowest BCUT2D eigenvalue weighted by Gasteiger charge is -2.42. The molecule has 1 saturated carbocycles. The van der Waals surface area contributed by atoms with E-state index in [-0.39, 0.29) is 11.0 Å². The molecule has 0 unspecified atom stereocenters. The Kier molecular flexibility index (Phi) is 4.42. The zero-order valence-corrected chi connectivity index (χ0v) is 12.9. The monoisotopic (exact) mass is 333 g/mol. The largest absolute Gasteiger partial charge is 0.351 e. The van der Waals surface area contributed by atoms with E-state index < -0.39 is 23.1 Å². The number of carbonyl (C=O) groups is 1. The Morgan fingerprint density at radius 1 is 1.29 bits per heavy atom. The summed E-state index contributed by atoms with van der Waals surface area (Å²) in [7, 11) is 0. The molecule has 0 radical (unpaired) electrons. The summed E-state index contributed by atoms with van der Waals surface area (Å²) in [5.41, 5.74) is -0.379. The van der Waals surface area contributed by atoms with Gasteiger partial charge in [0, 0.05) is 18.8 Å². The van der Waals surface area contributed by atoms with E-state index in [9.17, 15) is 18.4 Å². The SMILES string of the molecule is O=C(NCC1(Cc2ccc(F)cc2F)CCC1)c1ccn[nH]c1=O. The molecule has 0 spiro atoms. The second-order valence-corrected chi connectivity index (χ2v) is 6.25. The van der Waals surface area contributed by atoms with Crippen LogP contribution in [0.25, 0.3) is 0 Å². The summed E-state index contributed by atoms with van der Waals surface area (Å²) >= 11 is 0. The Labute approximate surface area is 137 Å². The number of nitrogens with one attached hydrogen (secondary N) is 2. The number of aromatic amines is 1. The van der Waals surface area contributed by atoms with Crippen LogP contribution < -0.4 is 10.9 Å². The number of amides is 1. The Hall–Kier alpha value is -2.57. The Morgan fingerprint density at radius 2 is 2.08 bits per heavy atom. The highest BCUT2D eigenvalue weighted by molar-refractivity contribution is 5.93. The van der Waals surface area contributed by atoms with Gasteiger partial charge in [0.15, 0.2) is 0 Å². The van der Waals surface area contributed by atoms with Gasteiger partial charge in [-0.05, 0) is 42.4 Å². The summed E-state index contributed by atoms with van der Waals surface area (Å²) in [5, 5.41) is 8.50. The van der Waals surface area contributed by atoms with Gasteiger partial charge in [-0.15, -0.1) is 0 Å². The molecule has 1 aromatic heterocycles. The maximum absolute atomic E-state index is 13.9. The fourth-order valence-electron chi connectivity index (χ4n) is 3.05. The molecule has 5 nitrogen and oxygen atoms in total. The van der Waals surface area contributed by atoms with Crippen molar-refractivity contribution in [2.24, 2.45) is 5.41 Å². The van der Waals surface area contributed by atoms with Gasteiger partial charge >= 0.3 is 0 Å². The van der Waals surface area contributed by atoms with Crippen molar-refractivity contribution in [3.8, 4) is 0 Å². The van der Waals surface area contributed by atoms with Gasteiger partial charge in [0.25, 0.3) is 11.5 Å². The highest BCUT2D eigenvalue weighted by Gasteiger charge is 2.38. The molecule has 0 bridgehead atoms. The molecule has 3 rings (SSSR count). The van der Waals surface area contributed by atoms with E-state index >= 15 is 0 Å². The number of H-pyrrole nitrogens is 1. The summed E-state index contributed by atoms with van der Waals surface area (Å²) < 4.78 is 26.9. The van der Waals surface area contributed by atoms with Gasteiger partial charge in [0.1, 0.15) is 17.2 Å². The van der Waals surface area contributed by atoms with Gasteiger partial charge in [-0.25, -0.2) is 13.9 Å². The predicted octanol–water partition coefficient (Wildman–Crippen LogP) is 2.19. The van der Waals surface area contributed by atoms with Crippen molar-refractivity contribution in [3.05, 3.63) is 63.6 Å². The molecule has 2 aromatic rings. The van der Waals surface area contributed by atoms with E-state index in [2.05, 4.69) is 15.5 Å². The molecule has 1 amide bonds. The smallest absolute Gasteiger partial charge is 0.277 e. The van der Waals surface area contributed by atoms with Gasteiger partial charge in [0.2, 0.25) is 0 Å². The lowest BCUT2D eigenvalue weighted by Crippen LogP contribution is -2.44. The maximum Gasteiger partial charge on any atom is 0.277 e. The first kappa shape index (κ1) is 16.3. The van der Waals surface area contributed by atoms with Crippen LogP contribution in [0.4, 0.5) is 8.78 Å². The van der Waals surface area contributed by atoms with Crippen molar-refractivity contribution in [3.63, 3.8) is 0 Å². The quantitative estimate of drug-likeness (QED) is 0.881. The number of hydrogen-bond donors (Lipinski definition) is 2.